The van der Waals surface area contributed by atoms with Crippen LogP contribution in [-0.2, 0) is 4.74 Å². The highest BCUT2D eigenvalue weighted by molar-refractivity contribution is 6.10. The van der Waals surface area contributed by atoms with Crippen LogP contribution in [-0.4, -0.2) is 18.3 Å². The lowest BCUT2D eigenvalue weighted by Crippen LogP contribution is -2.27. The smallest absolute Gasteiger partial charge is 0.216 e. The van der Waals surface area contributed by atoms with Gasteiger partial charge in [0.05, 0.1) is 12.5 Å². The molecule has 0 radical (unpaired) electrons. The van der Waals surface area contributed by atoms with E-state index in [2.05, 4.69) is 5.10 Å². The van der Waals surface area contributed by atoms with Crippen LogP contribution in [0, 0.1) is 5.92 Å². The summed E-state index contributed by atoms with van der Waals surface area (Å²) in [5, 5.41) is 3.62. The van der Waals surface area contributed by atoms with Crippen LogP contribution < -0.4 is 5.84 Å². The Morgan fingerprint density at radius 2 is 2.00 bits per heavy atom. The molecule has 0 spiro atoms. The van der Waals surface area contributed by atoms with E-state index < -0.39 is 0 Å². The molecule has 4 nitrogen and oxygen atoms in total. The topological polar surface area (TPSA) is 64.7 Å². The van der Waals surface area contributed by atoms with E-state index in [0.717, 1.165) is 6.42 Å². The van der Waals surface area contributed by atoms with Crippen LogP contribution in [0.2, 0.25) is 0 Å². The normalized spacial score (nSPS) is 13.1. The largest absolute Gasteiger partial charge is 0.480 e. The van der Waals surface area contributed by atoms with Crippen molar-refractivity contribution in [3.8, 4) is 0 Å². The van der Waals surface area contributed by atoms with E-state index in [1.807, 2.05) is 32.0 Å². The van der Waals surface area contributed by atoms with Crippen LogP contribution in [0.3, 0.4) is 0 Å². The van der Waals surface area contributed by atoms with E-state index in [4.69, 9.17) is 10.6 Å². The third-order valence-corrected chi connectivity index (χ3v) is 2.67. The average molecular weight is 248 g/mol. The summed E-state index contributed by atoms with van der Waals surface area (Å²) >= 11 is 0. The Morgan fingerprint density at radius 3 is 2.50 bits per heavy atom. The molecule has 4 heteroatoms. The molecule has 0 aliphatic rings. The molecular formula is C14H20N2O2. The van der Waals surface area contributed by atoms with Gasteiger partial charge in [-0.15, -0.1) is 5.10 Å². The molecule has 0 saturated heterocycles. The predicted octanol–water partition coefficient (Wildman–Crippen LogP) is 2.59. The number of ketones is 1. The van der Waals surface area contributed by atoms with Crippen molar-refractivity contribution in [2.45, 2.75) is 26.7 Å². The molecule has 1 unspecified atom stereocenters. The van der Waals surface area contributed by atoms with Gasteiger partial charge in [0.15, 0.2) is 5.78 Å². The lowest BCUT2D eigenvalue weighted by molar-refractivity contribution is 0.0934. The molecule has 1 rings (SSSR count). The molecule has 0 aromatic heterocycles. The zero-order valence-corrected chi connectivity index (χ0v) is 10.9. The van der Waals surface area contributed by atoms with Gasteiger partial charge in [0.2, 0.25) is 5.90 Å². The molecule has 0 saturated carbocycles. The maximum Gasteiger partial charge on any atom is 0.216 e. The number of carbonyl (C=O) groups is 1. The van der Waals surface area contributed by atoms with E-state index in [1.54, 1.807) is 12.1 Å². The molecule has 1 aromatic carbocycles. The molecule has 0 aliphatic carbocycles. The minimum absolute atomic E-state index is 0.00935. The fourth-order valence-electron chi connectivity index (χ4n) is 1.83. The Hall–Kier alpha value is -1.84. The summed E-state index contributed by atoms with van der Waals surface area (Å²) in [5.41, 5.74) is 0.664. The number of benzene rings is 1. The Balaban J connectivity index is 2.94. The molecule has 0 fully saturated rings. The highest BCUT2D eigenvalue weighted by atomic mass is 16.5. The van der Waals surface area contributed by atoms with E-state index in [1.165, 1.54) is 0 Å². The van der Waals surface area contributed by atoms with Gasteiger partial charge >= 0.3 is 0 Å². The molecule has 0 aliphatic heterocycles. The Labute approximate surface area is 108 Å². The second-order valence-electron chi connectivity index (χ2n) is 3.97. The molecule has 0 amide bonds. The summed E-state index contributed by atoms with van der Waals surface area (Å²) in [7, 11) is 0. The SMILES string of the molecule is CCCC(C(=O)c1ccccc1)C(=NN)OCC. The van der Waals surface area contributed by atoms with Gasteiger partial charge in [-0.3, -0.25) is 4.79 Å². The van der Waals surface area contributed by atoms with Crippen molar-refractivity contribution in [1.82, 2.24) is 0 Å². The van der Waals surface area contributed by atoms with Crippen LogP contribution in [0.5, 0.6) is 0 Å². The maximum absolute atomic E-state index is 12.4. The van der Waals surface area contributed by atoms with Gasteiger partial charge < -0.3 is 10.6 Å². The van der Waals surface area contributed by atoms with Crippen LogP contribution in [0.1, 0.15) is 37.0 Å². The number of hydrogen-bond donors (Lipinski definition) is 1. The van der Waals surface area contributed by atoms with Crippen LogP contribution in [0.25, 0.3) is 0 Å². The summed E-state index contributed by atoms with van der Waals surface area (Å²) in [6.45, 7) is 4.32. The molecule has 0 bridgehead atoms. The van der Waals surface area contributed by atoms with Crippen molar-refractivity contribution in [3.05, 3.63) is 35.9 Å². The predicted molar refractivity (Wildman–Crippen MR) is 72.4 cm³/mol. The van der Waals surface area contributed by atoms with Crippen LogP contribution in [0.15, 0.2) is 35.4 Å². The molecular weight excluding hydrogens is 228 g/mol. The molecule has 98 valence electrons. The van der Waals surface area contributed by atoms with Gasteiger partial charge in [0.1, 0.15) is 0 Å². The first-order chi connectivity index (χ1) is 8.74. The number of rotatable bonds is 6. The summed E-state index contributed by atoms with van der Waals surface area (Å²) in [6, 6.07) is 9.16. The van der Waals surface area contributed by atoms with Crippen LogP contribution >= 0.6 is 0 Å². The first-order valence-corrected chi connectivity index (χ1v) is 6.24. The van der Waals surface area contributed by atoms with E-state index in [9.17, 15) is 4.79 Å². The first-order valence-electron chi connectivity index (χ1n) is 6.24. The highest BCUT2D eigenvalue weighted by Gasteiger charge is 2.26. The zero-order valence-electron chi connectivity index (χ0n) is 10.9. The standard InChI is InChI=1S/C14H20N2O2/c1-3-8-12(14(16-15)18-4-2)13(17)11-9-6-5-7-10-11/h5-7,9-10,12H,3-4,8,15H2,1-2H3. The van der Waals surface area contributed by atoms with Crippen molar-refractivity contribution >= 4 is 11.7 Å². The molecule has 1 atom stereocenters. The third kappa shape index (κ3) is 3.58. The fourth-order valence-corrected chi connectivity index (χ4v) is 1.83. The number of hydrazone groups is 1. The maximum atomic E-state index is 12.4. The summed E-state index contributed by atoms with van der Waals surface area (Å²) < 4.78 is 5.35. The van der Waals surface area contributed by atoms with Gasteiger partial charge in [-0.25, -0.2) is 0 Å². The number of nitrogens with zero attached hydrogens (tertiary/aromatic N) is 1. The zero-order chi connectivity index (χ0) is 13.4. The van der Waals surface area contributed by atoms with Crippen molar-refractivity contribution in [2.24, 2.45) is 16.9 Å². The first kappa shape index (κ1) is 14.2. The van der Waals surface area contributed by atoms with Crippen molar-refractivity contribution in [3.63, 3.8) is 0 Å². The summed E-state index contributed by atoms with van der Waals surface area (Å²) in [6.07, 6.45) is 1.55. The van der Waals surface area contributed by atoms with Gasteiger partial charge in [-0.1, -0.05) is 43.7 Å². The van der Waals surface area contributed by atoms with Crippen molar-refractivity contribution in [2.75, 3.05) is 6.61 Å². The lowest BCUT2D eigenvalue weighted by atomic mass is 9.93. The average Bonchev–Trinajstić information content (AvgIpc) is 2.43. The number of ether oxygens (including phenoxy) is 1. The molecule has 2 N–H and O–H groups in total. The van der Waals surface area contributed by atoms with Crippen LogP contribution in [0.4, 0.5) is 0 Å². The number of Topliss-reactive ketones (excluding diaryl/α,β-unsaturated/α-hetero) is 1. The molecule has 1 aromatic rings. The van der Waals surface area contributed by atoms with E-state index in [0.29, 0.717) is 24.5 Å². The molecule has 18 heavy (non-hydrogen) atoms. The summed E-state index contributed by atoms with van der Waals surface area (Å²) in [4.78, 5) is 12.4. The number of carbonyl (C=O) groups excluding carboxylic acids is 1. The van der Waals surface area contributed by atoms with Gasteiger partial charge in [-0.05, 0) is 13.3 Å². The molecule has 0 heterocycles. The van der Waals surface area contributed by atoms with Crippen molar-refractivity contribution < 1.29 is 9.53 Å². The second-order valence-corrected chi connectivity index (χ2v) is 3.97. The fraction of sp³-hybridized carbons (Fsp3) is 0.429. The van der Waals surface area contributed by atoms with E-state index >= 15 is 0 Å². The second kappa shape index (κ2) is 7.48. The number of nitrogens with two attached hydrogens (primary N) is 1. The Kier molecular flexibility index (Phi) is 5.91. The van der Waals surface area contributed by atoms with E-state index in [-0.39, 0.29) is 11.7 Å². The minimum Gasteiger partial charge on any atom is -0.480 e. The monoisotopic (exact) mass is 248 g/mol. The Morgan fingerprint density at radius 1 is 1.33 bits per heavy atom. The van der Waals surface area contributed by atoms with Gasteiger partial charge in [0, 0.05) is 5.56 Å². The lowest BCUT2D eigenvalue weighted by Gasteiger charge is -2.16. The van der Waals surface area contributed by atoms with Gasteiger partial charge in [0.25, 0.3) is 0 Å². The quantitative estimate of drug-likeness (QED) is 0.277. The Bertz CT molecular complexity index is 402. The minimum atomic E-state index is -0.387. The van der Waals surface area contributed by atoms with Gasteiger partial charge in [-0.2, -0.15) is 0 Å². The highest BCUT2D eigenvalue weighted by Crippen LogP contribution is 2.17. The third-order valence-electron chi connectivity index (χ3n) is 2.67. The number of hydrogen-bond acceptors (Lipinski definition) is 4. The van der Waals surface area contributed by atoms with Crippen molar-refractivity contribution in [1.29, 1.82) is 0 Å². The summed E-state index contributed by atoms with van der Waals surface area (Å²) in [5.74, 6) is 5.27.